The molecule has 1 aliphatic carbocycles. The van der Waals surface area contributed by atoms with E-state index in [1.165, 1.54) is 70.6 Å². The van der Waals surface area contributed by atoms with Crippen molar-refractivity contribution in [3.63, 3.8) is 0 Å². The Kier molecular flexibility index (Phi) is 10.7. The standard InChI is InChI=1S/C24H49N/c1-8-11-23-16-19(4)14-15-24(6,17-20(5)25-7)18-21(9-2)12-13-22(23)10-3/h19-23,25H,8-18H2,1-7H3. The fourth-order valence-corrected chi connectivity index (χ4v) is 5.65. The maximum atomic E-state index is 3.50. The molecule has 0 spiro atoms. The van der Waals surface area contributed by atoms with Gasteiger partial charge in [0.1, 0.15) is 0 Å². The predicted octanol–water partition coefficient (Wildman–Crippen LogP) is 7.45. The summed E-state index contributed by atoms with van der Waals surface area (Å²) in [4.78, 5) is 0. The Bertz CT molecular complexity index is 339. The monoisotopic (exact) mass is 351 g/mol. The van der Waals surface area contributed by atoms with Crippen molar-refractivity contribution in [3.8, 4) is 0 Å². The van der Waals surface area contributed by atoms with Gasteiger partial charge in [0.05, 0.1) is 0 Å². The molecule has 25 heavy (non-hydrogen) atoms. The highest BCUT2D eigenvalue weighted by molar-refractivity contribution is 4.84. The summed E-state index contributed by atoms with van der Waals surface area (Å²) in [6.07, 6.45) is 15.6. The average molecular weight is 352 g/mol. The van der Waals surface area contributed by atoms with Gasteiger partial charge >= 0.3 is 0 Å². The molecular formula is C24H49N. The van der Waals surface area contributed by atoms with Crippen molar-refractivity contribution in [3.05, 3.63) is 0 Å². The molecular weight excluding hydrogens is 302 g/mol. The summed E-state index contributed by atoms with van der Waals surface area (Å²) < 4.78 is 0. The Labute approximate surface area is 160 Å². The zero-order valence-electron chi connectivity index (χ0n) is 18.7. The lowest BCUT2D eigenvalue weighted by atomic mass is 9.71. The SMILES string of the molecule is CCCC1CC(C)CCC(C)(CC(C)NC)CC(CC)CCC1CC. The first-order chi connectivity index (χ1) is 11.9. The minimum absolute atomic E-state index is 0.518. The minimum atomic E-state index is 0.518. The van der Waals surface area contributed by atoms with Crippen LogP contribution in [0, 0.1) is 29.1 Å². The number of hydrogen-bond donors (Lipinski definition) is 1. The van der Waals surface area contributed by atoms with E-state index in [-0.39, 0.29) is 0 Å². The van der Waals surface area contributed by atoms with Gasteiger partial charge in [-0.2, -0.15) is 0 Å². The third kappa shape index (κ3) is 8.02. The van der Waals surface area contributed by atoms with Gasteiger partial charge < -0.3 is 5.32 Å². The van der Waals surface area contributed by atoms with E-state index in [9.17, 15) is 0 Å². The van der Waals surface area contributed by atoms with E-state index in [1.54, 1.807) is 0 Å². The summed E-state index contributed by atoms with van der Waals surface area (Å²) in [5.41, 5.74) is 0.518. The Morgan fingerprint density at radius 3 is 2.32 bits per heavy atom. The van der Waals surface area contributed by atoms with Crippen molar-refractivity contribution in [1.82, 2.24) is 5.32 Å². The molecule has 1 saturated carbocycles. The average Bonchev–Trinajstić information content (AvgIpc) is 2.60. The van der Waals surface area contributed by atoms with Crippen LogP contribution in [-0.4, -0.2) is 13.1 Å². The lowest BCUT2D eigenvalue weighted by Gasteiger charge is -2.36. The fraction of sp³-hybridized carbons (Fsp3) is 1.00. The van der Waals surface area contributed by atoms with E-state index in [1.807, 2.05) is 0 Å². The topological polar surface area (TPSA) is 12.0 Å². The third-order valence-corrected chi connectivity index (χ3v) is 7.39. The van der Waals surface area contributed by atoms with E-state index >= 15 is 0 Å². The van der Waals surface area contributed by atoms with Crippen molar-refractivity contribution in [2.45, 2.75) is 118 Å². The molecule has 0 aromatic carbocycles. The lowest BCUT2D eigenvalue weighted by Crippen LogP contribution is -2.32. The van der Waals surface area contributed by atoms with Gasteiger partial charge in [-0.05, 0) is 75.2 Å². The number of rotatable bonds is 7. The summed E-state index contributed by atoms with van der Waals surface area (Å²) >= 11 is 0. The molecule has 6 atom stereocenters. The molecule has 1 rings (SSSR count). The Morgan fingerprint density at radius 1 is 1.04 bits per heavy atom. The van der Waals surface area contributed by atoms with E-state index in [2.05, 4.69) is 53.9 Å². The van der Waals surface area contributed by atoms with E-state index in [4.69, 9.17) is 0 Å². The zero-order valence-corrected chi connectivity index (χ0v) is 18.7. The Morgan fingerprint density at radius 2 is 1.76 bits per heavy atom. The van der Waals surface area contributed by atoms with Crippen LogP contribution in [0.1, 0.15) is 112 Å². The van der Waals surface area contributed by atoms with Gasteiger partial charge in [0.2, 0.25) is 0 Å². The molecule has 0 aliphatic heterocycles. The predicted molar refractivity (Wildman–Crippen MR) is 114 cm³/mol. The first-order valence-corrected chi connectivity index (χ1v) is 11.5. The molecule has 1 N–H and O–H groups in total. The van der Waals surface area contributed by atoms with Crippen molar-refractivity contribution in [2.24, 2.45) is 29.1 Å². The number of hydrogen-bond acceptors (Lipinski definition) is 1. The summed E-state index contributed by atoms with van der Waals surface area (Å²) in [5, 5.41) is 3.50. The largest absolute Gasteiger partial charge is 0.317 e. The van der Waals surface area contributed by atoms with Crippen molar-refractivity contribution in [2.75, 3.05) is 7.05 Å². The van der Waals surface area contributed by atoms with Gasteiger partial charge in [0, 0.05) is 6.04 Å². The van der Waals surface area contributed by atoms with Gasteiger partial charge in [-0.15, -0.1) is 0 Å². The van der Waals surface area contributed by atoms with Crippen molar-refractivity contribution >= 4 is 0 Å². The van der Waals surface area contributed by atoms with Gasteiger partial charge in [-0.1, -0.05) is 73.1 Å². The van der Waals surface area contributed by atoms with Crippen LogP contribution in [-0.2, 0) is 0 Å². The van der Waals surface area contributed by atoms with Crippen LogP contribution in [0.3, 0.4) is 0 Å². The molecule has 150 valence electrons. The first kappa shape index (κ1) is 23.0. The van der Waals surface area contributed by atoms with E-state index < -0.39 is 0 Å². The number of nitrogens with one attached hydrogen (secondary N) is 1. The molecule has 0 aromatic heterocycles. The maximum Gasteiger partial charge on any atom is 0.00409 e. The second-order valence-corrected chi connectivity index (χ2v) is 9.86. The molecule has 1 fully saturated rings. The van der Waals surface area contributed by atoms with Gasteiger partial charge in [-0.3, -0.25) is 0 Å². The van der Waals surface area contributed by atoms with Gasteiger partial charge in [-0.25, -0.2) is 0 Å². The second-order valence-electron chi connectivity index (χ2n) is 9.86. The quantitative estimate of drug-likeness (QED) is 0.502. The van der Waals surface area contributed by atoms with Crippen LogP contribution >= 0.6 is 0 Å². The summed E-state index contributed by atoms with van der Waals surface area (Å²) in [6, 6.07) is 0.638. The van der Waals surface area contributed by atoms with Crippen LogP contribution in [0.25, 0.3) is 0 Å². The summed E-state index contributed by atoms with van der Waals surface area (Å²) in [6.45, 7) is 14.7. The van der Waals surface area contributed by atoms with Crippen LogP contribution < -0.4 is 5.32 Å². The molecule has 0 amide bonds. The normalized spacial score (nSPS) is 36.6. The lowest BCUT2D eigenvalue weighted by molar-refractivity contribution is 0.165. The molecule has 6 unspecified atom stereocenters. The highest BCUT2D eigenvalue weighted by Crippen LogP contribution is 2.43. The van der Waals surface area contributed by atoms with Crippen molar-refractivity contribution in [1.29, 1.82) is 0 Å². The summed E-state index contributed by atoms with van der Waals surface area (Å²) in [7, 11) is 2.13. The van der Waals surface area contributed by atoms with Crippen LogP contribution in [0.4, 0.5) is 0 Å². The smallest absolute Gasteiger partial charge is 0.00409 e. The molecule has 0 heterocycles. The van der Waals surface area contributed by atoms with Gasteiger partial charge in [0.25, 0.3) is 0 Å². The Balaban J connectivity index is 2.93. The Hall–Kier alpha value is -0.0400. The van der Waals surface area contributed by atoms with Crippen molar-refractivity contribution < 1.29 is 0 Å². The molecule has 1 heteroatoms. The molecule has 1 aliphatic rings. The maximum absolute atomic E-state index is 3.50. The van der Waals surface area contributed by atoms with Crippen LogP contribution in [0.5, 0.6) is 0 Å². The highest BCUT2D eigenvalue weighted by atomic mass is 14.9. The van der Waals surface area contributed by atoms with Gasteiger partial charge in [0.15, 0.2) is 0 Å². The van der Waals surface area contributed by atoms with E-state index in [0.29, 0.717) is 11.5 Å². The molecule has 0 radical (unpaired) electrons. The van der Waals surface area contributed by atoms with Crippen LogP contribution in [0.2, 0.25) is 0 Å². The molecule has 1 nitrogen and oxygen atoms in total. The molecule has 0 aromatic rings. The fourth-order valence-electron chi connectivity index (χ4n) is 5.65. The summed E-state index contributed by atoms with van der Waals surface area (Å²) in [5.74, 6) is 3.77. The van der Waals surface area contributed by atoms with Crippen LogP contribution in [0.15, 0.2) is 0 Å². The zero-order chi connectivity index (χ0) is 18.9. The third-order valence-electron chi connectivity index (χ3n) is 7.39. The second kappa shape index (κ2) is 11.6. The van der Waals surface area contributed by atoms with E-state index in [0.717, 1.165) is 23.7 Å². The minimum Gasteiger partial charge on any atom is -0.317 e. The first-order valence-electron chi connectivity index (χ1n) is 11.5. The molecule has 0 saturated heterocycles. The highest BCUT2D eigenvalue weighted by Gasteiger charge is 2.32. The molecule has 0 bridgehead atoms.